The van der Waals surface area contributed by atoms with Crippen LogP contribution in [0.3, 0.4) is 0 Å². The van der Waals surface area contributed by atoms with Crippen molar-refractivity contribution in [2.45, 2.75) is 65.4 Å². The van der Waals surface area contributed by atoms with Crippen LogP contribution < -0.4 is 0 Å². The number of esters is 2. The van der Waals surface area contributed by atoms with E-state index in [1.807, 2.05) is 6.92 Å². The minimum Gasteiger partial charge on any atom is -0.464 e. The molecule has 0 aliphatic carbocycles. The molecule has 0 bridgehead atoms. The molecule has 5 heteroatoms. The van der Waals surface area contributed by atoms with Gasteiger partial charge in [-0.15, -0.1) is 0 Å². The molecule has 0 fully saturated rings. The Balaban J connectivity index is 3.80. The van der Waals surface area contributed by atoms with Crippen LogP contribution in [0.25, 0.3) is 0 Å². The van der Waals surface area contributed by atoms with Gasteiger partial charge < -0.3 is 14.2 Å². The molecule has 0 heterocycles. The first-order valence-electron chi connectivity index (χ1n) is 7.56. The van der Waals surface area contributed by atoms with E-state index in [0.717, 1.165) is 38.5 Å². The highest BCUT2D eigenvalue weighted by atomic mass is 16.6. The summed E-state index contributed by atoms with van der Waals surface area (Å²) in [4.78, 5) is 22.7. The number of carbonyl (C=O) groups is 2. The number of unbranched alkanes of at least 4 members (excludes halogenated alkanes) is 1. The van der Waals surface area contributed by atoms with Crippen molar-refractivity contribution in [2.75, 3.05) is 19.8 Å². The van der Waals surface area contributed by atoms with Crippen molar-refractivity contribution < 1.29 is 23.8 Å². The molecule has 1 unspecified atom stereocenters. The fourth-order valence-corrected chi connectivity index (χ4v) is 1.71. The van der Waals surface area contributed by atoms with Crippen molar-refractivity contribution in [3.63, 3.8) is 0 Å². The van der Waals surface area contributed by atoms with Crippen LogP contribution in [-0.4, -0.2) is 37.9 Å². The van der Waals surface area contributed by atoms with Gasteiger partial charge in [-0.3, -0.25) is 0 Å². The van der Waals surface area contributed by atoms with E-state index in [4.69, 9.17) is 14.2 Å². The maximum atomic E-state index is 11.6. The number of rotatable bonds is 12. The third-order valence-electron chi connectivity index (χ3n) is 2.70. The summed E-state index contributed by atoms with van der Waals surface area (Å²) in [5, 5.41) is 0. The number of carbonyl (C=O) groups excluding carboxylic acids is 2. The van der Waals surface area contributed by atoms with Gasteiger partial charge in [0.15, 0.2) is 0 Å². The van der Waals surface area contributed by atoms with E-state index in [1.165, 1.54) is 0 Å². The molecule has 118 valence electrons. The second kappa shape index (κ2) is 12.9. The maximum Gasteiger partial charge on any atom is 0.332 e. The second-order valence-electron chi connectivity index (χ2n) is 4.76. The van der Waals surface area contributed by atoms with Gasteiger partial charge in [-0.2, -0.15) is 0 Å². The van der Waals surface area contributed by atoms with Crippen LogP contribution in [0.4, 0.5) is 0 Å². The zero-order chi connectivity index (χ0) is 15.2. The van der Waals surface area contributed by atoms with Crippen LogP contribution >= 0.6 is 0 Å². The van der Waals surface area contributed by atoms with Crippen LogP contribution in [0.5, 0.6) is 0 Å². The third-order valence-corrected chi connectivity index (χ3v) is 2.70. The Morgan fingerprint density at radius 2 is 1.60 bits per heavy atom. The Morgan fingerprint density at radius 3 is 2.20 bits per heavy atom. The smallest absolute Gasteiger partial charge is 0.332 e. The quantitative estimate of drug-likeness (QED) is 0.517. The van der Waals surface area contributed by atoms with Crippen molar-refractivity contribution in [1.29, 1.82) is 0 Å². The monoisotopic (exact) mass is 288 g/mol. The highest BCUT2D eigenvalue weighted by Crippen LogP contribution is 2.11. The summed E-state index contributed by atoms with van der Waals surface area (Å²) in [6.45, 7) is 6.05. The van der Waals surface area contributed by atoms with Gasteiger partial charge in [0.05, 0.1) is 6.61 Å². The minimum absolute atomic E-state index is 0.0388. The number of ether oxygens (including phenoxy) is 3. The molecule has 0 radical (unpaired) electrons. The Kier molecular flexibility index (Phi) is 12.2. The zero-order valence-electron chi connectivity index (χ0n) is 13.0. The summed E-state index contributed by atoms with van der Waals surface area (Å²) < 4.78 is 15.2. The summed E-state index contributed by atoms with van der Waals surface area (Å²) in [5.41, 5.74) is 0. The molecule has 5 nitrogen and oxygen atoms in total. The first-order chi connectivity index (χ1) is 9.63. The van der Waals surface area contributed by atoms with E-state index in [1.54, 1.807) is 0 Å². The van der Waals surface area contributed by atoms with Gasteiger partial charge in [0.25, 0.3) is 0 Å². The van der Waals surface area contributed by atoms with Crippen molar-refractivity contribution in [3.8, 4) is 0 Å². The molecule has 0 aromatic rings. The normalized spacial score (nSPS) is 11.9. The standard InChI is InChI=1S/C15H28O5/c1-4-7-9-13(8-5-2)20-15(17)12-18-11-14(16)19-10-6-3/h13H,4-12H2,1-3H3. The summed E-state index contributed by atoms with van der Waals surface area (Å²) in [7, 11) is 0. The van der Waals surface area contributed by atoms with Gasteiger partial charge in [-0.1, -0.05) is 40.0 Å². The van der Waals surface area contributed by atoms with E-state index in [9.17, 15) is 9.59 Å². The maximum absolute atomic E-state index is 11.6. The molecule has 0 aromatic carbocycles. The SMILES string of the molecule is CCCCC(CCC)OC(=O)COCC(=O)OCCC. The van der Waals surface area contributed by atoms with E-state index in [2.05, 4.69) is 13.8 Å². The lowest BCUT2D eigenvalue weighted by Crippen LogP contribution is -2.23. The van der Waals surface area contributed by atoms with Crippen molar-refractivity contribution in [2.24, 2.45) is 0 Å². The molecule has 0 spiro atoms. The Hall–Kier alpha value is -1.10. The van der Waals surface area contributed by atoms with Crippen molar-refractivity contribution in [1.82, 2.24) is 0 Å². The molecular formula is C15H28O5. The molecule has 0 aliphatic rings. The molecule has 1 atom stereocenters. The van der Waals surface area contributed by atoms with E-state index in [0.29, 0.717) is 6.61 Å². The molecule has 0 saturated carbocycles. The van der Waals surface area contributed by atoms with E-state index in [-0.39, 0.29) is 19.3 Å². The van der Waals surface area contributed by atoms with E-state index < -0.39 is 11.9 Å². The van der Waals surface area contributed by atoms with Crippen LogP contribution in [0, 0.1) is 0 Å². The largest absolute Gasteiger partial charge is 0.464 e. The molecule has 0 aliphatic heterocycles. The molecule has 0 N–H and O–H groups in total. The lowest BCUT2D eigenvalue weighted by Gasteiger charge is -2.16. The summed E-state index contributed by atoms with van der Waals surface area (Å²) in [6, 6.07) is 0. The first kappa shape index (κ1) is 18.9. The Bertz CT molecular complexity index is 265. The topological polar surface area (TPSA) is 61.8 Å². The first-order valence-corrected chi connectivity index (χ1v) is 7.56. The van der Waals surface area contributed by atoms with Gasteiger partial charge in [0.2, 0.25) is 0 Å². The van der Waals surface area contributed by atoms with Crippen LogP contribution in [0.2, 0.25) is 0 Å². The van der Waals surface area contributed by atoms with Gasteiger partial charge in [0, 0.05) is 0 Å². The summed E-state index contributed by atoms with van der Waals surface area (Å²) >= 11 is 0. The highest BCUT2D eigenvalue weighted by Gasteiger charge is 2.14. The summed E-state index contributed by atoms with van der Waals surface area (Å²) in [6.07, 6.45) is 5.58. The Morgan fingerprint density at radius 1 is 0.900 bits per heavy atom. The fourth-order valence-electron chi connectivity index (χ4n) is 1.71. The van der Waals surface area contributed by atoms with Gasteiger partial charge in [-0.05, 0) is 19.3 Å². The van der Waals surface area contributed by atoms with Crippen LogP contribution in [-0.2, 0) is 23.8 Å². The third kappa shape index (κ3) is 10.8. The Labute approximate surface area is 122 Å². The predicted molar refractivity (Wildman–Crippen MR) is 76.4 cm³/mol. The molecule has 0 saturated heterocycles. The lowest BCUT2D eigenvalue weighted by atomic mass is 10.1. The minimum atomic E-state index is -0.448. The van der Waals surface area contributed by atoms with Crippen LogP contribution in [0.15, 0.2) is 0 Å². The molecule has 0 rings (SSSR count). The lowest BCUT2D eigenvalue weighted by molar-refractivity contribution is -0.159. The van der Waals surface area contributed by atoms with Crippen molar-refractivity contribution >= 4 is 11.9 Å². The predicted octanol–water partition coefficient (Wildman–Crippen LogP) is 2.86. The second-order valence-corrected chi connectivity index (χ2v) is 4.76. The van der Waals surface area contributed by atoms with Gasteiger partial charge in [-0.25, -0.2) is 9.59 Å². The fraction of sp³-hybridized carbons (Fsp3) is 0.867. The number of hydrogen-bond acceptors (Lipinski definition) is 5. The van der Waals surface area contributed by atoms with Crippen LogP contribution in [0.1, 0.15) is 59.3 Å². The van der Waals surface area contributed by atoms with Crippen molar-refractivity contribution in [3.05, 3.63) is 0 Å². The number of hydrogen-bond donors (Lipinski definition) is 0. The average molecular weight is 288 g/mol. The molecule has 20 heavy (non-hydrogen) atoms. The molecule has 0 aromatic heterocycles. The van der Waals surface area contributed by atoms with E-state index >= 15 is 0 Å². The van der Waals surface area contributed by atoms with Gasteiger partial charge in [0.1, 0.15) is 19.3 Å². The highest BCUT2D eigenvalue weighted by molar-refractivity contribution is 5.73. The molecular weight excluding hydrogens is 260 g/mol. The van der Waals surface area contributed by atoms with Gasteiger partial charge >= 0.3 is 11.9 Å². The summed E-state index contributed by atoms with van der Waals surface area (Å²) in [5.74, 6) is -0.862. The molecule has 0 amide bonds. The zero-order valence-corrected chi connectivity index (χ0v) is 13.0. The average Bonchev–Trinajstić information content (AvgIpc) is 2.42.